The minimum atomic E-state index is 0.120. The van der Waals surface area contributed by atoms with E-state index < -0.39 is 0 Å². The van der Waals surface area contributed by atoms with Gasteiger partial charge in [-0.25, -0.2) is 0 Å². The standard InChI is InChI=1S/C18H37NO/c1-4-5-6-7-8-9-11-14-17(19-2)18(20-3)15-12-10-13-16-18/h17,19H,4-16H2,1-3H3. The van der Waals surface area contributed by atoms with Gasteiger partial charge in [-0.1, -0.05) is 71.1 Å². The lowest BCUT2D eigenvalue weighted by Gasteiger charge is -2.42. The van der Waals surface area contributed by atoms with Crippen LogP contribution in [0.1, 0.15) is 90.4 Å². The first-order valence-corrected chi connectivity index (χ1v) is 9.01. The van der Waals surface area contributed by atoms with Gasteiger partial charge in [0.15, 0.2) is 0 Å². The van der Waals surface area contributed by atoms with E-state index in [2.05, 4.69) is 19.3 Å². The molecule has 1 fully saturated rings. The van der Waals surface area contributed by atoms with Gasteiger partial charge >= 0.3 is 0 Å². The molecule has 0 aromatic carbocycles. The lowest BCUT2D eigenvalue weighted by Crippen LogP contribution is -2.52. The summed E-state index contributed by atoms with van der Waals surface area (Å²) in [4.78, 5) is 0. The second-order valence-electron chi connectivity index (χ2n) is 6.58. The van der Waals surface area contributed by atoms with E-state index in [0.717, 1.165) is 0 Å². The highest BCUT2D eigenvalue weighted by Gasteiger charge is 2.38. The molecule has 120 valence electrons. The Balaban J connectivity index is 2.24. The number of hydrogen-bond donors (Lipinski definition) is 1. The molecule has 0 heterocycles. The fourth-order valence-corrected chi connectivity index (χ4v) is 3.82. The SMILES string of the molecule is CCCCCCCCCC(NC)C1(OC)CCCCC1. The molecule has 0 aliphatic heterocycles. The third-order valence-electron chi connectivity index (χ3n) is 5.19. The average molecular weight is 284 g/mol. The van der Waals surface area contributed by atoms with Crippen LogP contribution < -0.4 is 5.32 Å². The van der Waals surface area contributed by atoms with Crippen molar-refractivity contribution in [1.29, 1.82) is 0 Å². The summed E-state index contributed by atoms with van der Waals surface area (Å²) in [6.07, 6.45) is 17.6. The zero-order valence-corrected chi connectivity index (χ0v) is 14.2. The minimum absolute atomic E-state index is 0.120. The van der Waals surface area contributed by atoms with Gasteiger partial charge in [0.05, 0.1) is 5.60 Å². The first-order valence-electron chi connectivity index (χ1n) is 9.01. The molecule has 1 N–H and O–H groups in total. The van der Waals surface area contributed by atoms with Crippen LogP contribution in [0.5, 0.6) is 0 Å². The van der Waals surface area contributed by atoms with Crippen LogP contribution in [0.25, 0.3) is 0 Å². The molecule has 0 spiro atoms. The number of unbranched alkanes of at least 4 members (excludes halogenated alkanes) is 6. The second kappa shape index (κ2) is 10.6. The number of methoxy groups -OCH3 is 1. The molecule has 1 saturated carbocycles. The predicted octanol–water partition coefficient (Wildman–Crippen LogP) is 5.06. The van der Waals surface area contributed by atoms with Gasteiger partial charge in [0.2, 0.25) is 0 Å². The Morgan fingerprint density at radius 1 is 0.950 bits per heavy atom. The fraction of sp³-hybridized carbons (Fsp3) is 1.00. The Morgan fingerprint density at radius 3 is 2.10 bits per heavy atom. The Morgan fingerprint density at radius 2 is 1.55 bits per heavy atom. The van der Waals surface area contributed by atoms with Crippen molar-refractivity contribution < 1.29 is 4.74 Å². The smallest absolute Gasteiger partial charge is 0.0830 e. The molecule has 0 aromatic heterocycles. The maximum atomic E-state index is 5.98. The molecule has 1 aliphatic rings. The van der Waals surface area contributed by atoms with E-state index in [-0.39, 0.29) is 5.60 Å². The summed E-state index contributed by atoms with van der Waals surface area (Å²) >= 11 is 0. The van der Waals surface area contributed by atoms with Crippen LogP contribution in [0.3, 0.4) is 0 Å². The van der Waals surface area contributed by atoms with Crippen LogP contribution in [-0.2, 0) is 4.74 Å². The van der Waals surface area contributed by atoms with E-state index in [0.29, 0.717) is 6.04 Å². The van der Waals surface area contributed by atoms with Gasteiger partial charge in [0.25, 0.3) is 0 Å². The molecule has 0 aromatic rings. The van der Waals surface area contributed by atoms with Crippen LogP contribution in [0.15, 0.2) is 0 Å². The molecule has 20 heavy (non-hydrogen) atoms. The number of ether oxygens (including phenoxy) is 1. The molecule has 1 unspecified atom stereocenters. The zero-order chi connectivity index (χ0) is 14.7. The van der Waals surface area contributed by atoms with Gasteiger partial charge in [-0.3, -0.25) is 0 Å². The van der Waals surface area contributed by atoms with Crippen molar-refractivity contribution in [2.45, 2.75) is 102 Å². The lowest BCUT2D eigenvalue weighted by atomic mass is 9.77. The molecular formula is C18H37NO. The van der Waals surface area contributed by atoms with Crippen molar-refractivity contribution >= 4 is 0 Å². The summed E-state index contributed by atoms with van der Waals surface area (Å²) in [6.45, 7) is 2.28. The topological polar surface area (TPSA) is 21.3 Å². The van der Waals surface area contributed by atoms with Gasteiger partial charge in [-0.15, -0.1) is 0 Å². The summed E-state index contributed by atoms with van der Waals surface area (Å²) in [6, 6.07) is 0.545. The summed E-state index contributed by atoms with van der Waals surface area (Å²) < 4.78 is 5.98. The Labute approximate surface area is 127 Å². The maximum absolute atomic E-state index is 5.98. The minimum Gasteiger partial charge on any atom is -0.377 e. The van der Waals surface area contributed by atoms with E-state index in [1.54, 1.807) is 0 Å². The Kier molecular flexibility index (Phi) is 9.54. The van der Waals surface area contributed by atoms with E-state index in [1.165, 1.54) is 83.5 Å². The maximum Gasteiger partial charge on any atom is 0.0830 e. The first-order chi connectivity index (χ1) is 9.79. The van der Waals surface area contributed by atoms with E-state index in [1.807, 2.05) is 7.11 Å². The highest BCUT2D eigenvalue weighted by Crippen LogP contribution is 2.35. The Bertz CT molecular complexity index is 223. The zero-order valence-electron chi connectivity index (χ0n) is 14.2. The van der Waals surface area contributed by atoms with E-state index >= 15 is 0 Å². The largest absolute Gasteiger partial charge is 0.377 e. The van der Waals surface area contributed by atoms with Crippen molar-refractivity contribution in [3.63, 3.8) is 0 Å². The molecule has 0 radical (unpaired) electrons. The highest BCUT2D eigenvalue weighted by atomic mass is 16.5. The summed E-state index contributed by atoms with van der Waals surface area (Å²) in [5.74, 6) is 0. The van der Waals surface area contributed by atoms with Crippen LogP contribution in [0.2, 0.25) is 0 Å². The third-order valence-corrected chi connectivity index (χ3v) is 5.19. The van der Waals surface area contributed by atoms with Gasteiger partial charge in [-0.2, -0.15) is 0 Å². The van der Waals surface area contributed by atoms with Gasteiger partial charge in [-0.05, 0) is 26.3 Å². The molecule has 1 rings (SSSR count). The highest BCUT2D eigenvalue weighted by molar-refractivity contribution is 4.94. The van der Waals surface area contributed by atoms with Crippen LogP contribution >= 0.6 is 0 Å². The Hall–Kier alpha value is -0.0800. The van der Waals surface area contributed by atoms with Crippen molar-refractivity contribution in [1.82, 2.24) is 5.32 Å². The van der Waals surface area contributed by atoms with Gasteiger partial charge in [0.1, 0.15) is 0 Å². The van der Waals surface area contributed by atoms with E-state index in [9.17, 15) is 0 Å². The summed E-state index contributed by atoms with van der Waals surface area (Å²) in [5.41, 5.74) is 0.120. The molecule has 0 amide bonds. The molecule has 2 heteroatoms. The average Bonchev–Trinajstić information content (AvgIpc) is 2.51. The van der Waals surface area contributed by atoms with Gasteiger partial charge in [0, 0.05) is 13.2 Å². The van der Waals surface area contributed by atoms with Crippen LogP contribution in [0, 0.1) is 0 Å². The monoisotopic (exact) mass is 283 g/mol. The number of rotatable bonds is 11. The number of likely N-dealkylation sites (N-methyl/N-ethyl adjacent to an activating group) is 1. The molecule has 2 nitrogen and oxygen atoms in total. The number of nitrogens with one attached hydrogen (secondary N) is 1. The normalized spacial score (nSPS) is 19.9. The second-order valence-corrected chi connectivity index (χ2v) is 6.58. The molecule has 0 bridgehead atoms. The molecule has 1 aliphatic carbocycles. The summed E-state index contributed by atoms with van der Waals surface area (Å²) in [5, 5.41) is 3.55. The molecular weight excluding hydrogens is 246 g/mol. The predicted molar refractivity (Wildman–Crippen MR) is 88.3 cm³/mol. The lowest BCUT2D eigenvalue weighted by molar-refractivity contribution is -0.0681. The van der Waals surface area contributed by atoms with Gasteiger partial charge < -0.3 is 10.1 Å². The number of hydrogen-bond acceptors (Lipinski definition) is 2. The fourth-order valence-electron chi connectivity index (χ4n) is 3.82. The van der Waals surface area contributed by atoms with Crippen molar-refractivity contribution in [2.75, 3.05) is 14.2 Å². The van der Waals surface area contributed by atoms with Crippen molar-refractivity contribution in [2.24, 2.45) is 0 Å². The van der Waals surface area contributed by atoms with Crippen LogP contribution in [0.4, 0.5) is 0 Å². The third kappa shape index (κ3) is 5.73. The van der Waals surface area contributed by atoms with Crippen molar-refractivity contribution in [3.05, 3.63) is 0 Å². The summed E-state index contributed by atoms with van der Waals surface area (Å²) in [7, 11) is 4.03. The van der Waals surface area contributed by atoms with Crippen molar-refractivity contribution in [3.8, 4) is 0 Å². The van der Waals surface area contributed by atoms with E-state index in [4.69, 9.17) is 4.74 Å². The first kappa shape index (κ1) is 18.0. The quantitative estimate of drug-likeness (QED) is 0.535. The molecule has 1 atom stereocenters. The molecule has 0 saturated heterocycles. The van der Waals surface area contributed by atoms with Crippen LogP contribution in [-0.4, -0.2) is 25.8 Å².